The first-order valence-corrected chi connectivity index (χ1v) is 11.2. The average Bonchev–Trinajstić information content (AvgIpc) is 2.54. The second-order valence-electron chi connectivity index (χ2n) is 6.27. The van der Waals surface area contributed by atoms with E-state index in [2.05, 4.69) is 26.1 Å². The Hall–Kier alpha value is 0.0169. The maximum absolute atomic E-state index is 6.69. The molecule has 0 aromatic rings. The Morgan fingerprint density at radius 2 is 1.43 bits per heavy atom. The minimum Gasteiger partial charge on any atom is -0.377 e. The fourth-order valence-corrected chi connectivity index (χ4v) is 5.72. The van der Waals surface area contributed by atoms with Gasteiger partial charge in [-0.25, -0.2) is 0 Å². The van der Waals surface area contributed by atoms with Crippen molar-refractivity contribution in [3.05, 3.63) is 0 Å². The Labute approximate surface area is 145 Å². The van der Waals surface area contributed by atoms with Gasteiger partial charge in [-0.2, -0.15) is 0 Å². The lowest BCUT2D eigenvalue weighted by molar-refractivity contribution is -0.0358. The maximum atomic E-state index is 6.69. The second kappa shape index (κ2) is 13.3. The Bertz CT molecular complexity index is 260. The van der Waals surface area contributed by atoms with Crippen molar-refractivity contribution in [2.45, 2.75) is 77.4 Å². The molecule has 0 aromatic heterocycles. The fraction of sp³-hybridized carbons (Fsp3) is 1.00. The van der Waals surface area contributed by atoms with Crippen LogP contribution in [0.2, 0.25) is 6.04 Å². The van der Waals surface area contributed by atoms with E-state index in [0.29, 0.717) is 6.54 Å². The van der Waals surface area contributed by atoms with Gasteiger partial charge in [-0.1, -0.05) is 40.0 Å². The Kier molecular flexibility index (Phi) is 13.3. The predicted molar refractivity (Wildman–Crippen MR) is 99.7 cm³/mol. The second-order valence-corrected chi connectivity index (χ2v) is 9.16. The van der Waals surface area contributed by atoms with E-state index in [1.54, 1.807) is 14.2 Å². The third kappa shape index (κ3) is 8.61. The van der Waals surface area contributed by atoms with Gasteiger partial charge in [0.2, 0.25) is 0 Å². The van der Waals surface area contributed by atoms with Crippen LogP contribution >= 0.6 is 0 Å². The van der Waals surface area contributed by atoms with Crippen molar-refractivity contribution in [2.75, 3.05) is 33.9 Å². The third-order valence-corrected chi connectivity index (χ3v) is 7.22. The highest BCUT2D eigenvalue weighted by Crippen LogP contribution is 2.35. The molecule has 0 atom stereocenters. The van der Waals surface area contributed by atoms with E-state index in [1.165, 1.54) is 0 Å². The van der Waals surface area contributed by atoms with Crippen LogP contribution in [0.5, 0.6) is 0 Å². The van der Waals surface area contributed by atoms with Crippen molar-refractivity contribution in [1.82, 2.24) is 5.32 Å². The lowest BCUT2D eigenvalue weighted by Gasteiger charge is -2.41. The lowest BCUT2D eigenvalue weighted by Crippen LogP contribution is -2.52. The van der Waals surface area contributed by atoms with E-state index in [4.69, 9.17) is 19.0 Å². The van der Waals surface area contributed by atoms with Crippen molar-refractivity contribution in [3.63, 3.8) is 0 Å². The first kappa shape index (κ1) is 23.0. The van der Waals surface area contributed by atoms with Crippen molar-refractivity contribution >= 4 is 8.80 Å². The van der Waals surface area contributed by atoms with Crippen LogP contribution in [0.3, 0.4) is 0 Å². The summed E-state index contributed by atoms with van der Waals surface area (Å²) in [6, 6.07) is 0.844. The van der Waals surface area contributed by atoms with Crippen LogP contribution < -0.4 is 11.1 Å². The Morgan fingerprint density at radius 3 is 1.83 bits per heavy atom. The van der Waals surface area contributed by atoms with Gasteiger partial charge in [-0.3, -0.25) is 0 Å². The molecule has 0 aromatic carbocycles. The number of nitrogens with one attached hydrogen (secondary N) is 1. The molecule has 0 spiro atoms. The largest absolute Gasteiger partial charge is 0.500 e. The van der Waals surface area contributed by atoms with E-state index in [9.17, 15) is 0 Å². The van der Waals surface area contributed by atoms with Gasteiger partial charge in [0.25, 0.3) is 0 Å². The molecule has 0 aliphatic carbocycles. The van der Waals surface area contributed by atoms with Gasteiger partial charge in [-0.15, -0.1) is 0 Å². The van der Waals surface area contributed by atoms with Crippen LogP contribution in [0.15, 0.2) is 0 Å². The third-order valence-electron chi connectivity index (χ3n) is 4.27. The molecular weight excluding hydrogens is 308 g/mol. The van der Waals surface area contributed by atoms with Gasteiger partial charge < -0.3 is 24.3 Å². The molecule has 0 rings (SSSR count). The topological polar surface area (TPSA) is 65.7 Å². The summed E-state index contributed by atoms with van der Waals surface area (Å²) in [6.07, 6.45) is 7.56. The minimum atomic E-state index is -2.62. The molecule has 6 heteroatoms. The van der Waals surface area contributed by atoms with Crippen LogP contribution in [0.4, 0.5) is 0 Å². The molecule has 140 valence electrons. The molecule has 3 N–H and O–H groups in total. The summed E-state index contributed by atoms with van der Waals surface area (Å²) in [5.74, 6) is 0. The highest BCUT2D eigenvalue weighted by molar-refractivity contribution is 6.60. The normalized spacial score (nSPS) is 12.8. The van der Waals surface area contributed by atoms with E-state index in [-0.39, 0.29) is 5.60 Å². The lowest BCUT2D eigenvalue weighted by atomic mass is 9.88. The molecule has 23 heavy (non-hydrogen) atoms. The van der Waals surface area contributed by atoms with E-state index in [0.717, 1.165) is 64.1 Å². The van der Waals surface area contributed by atoms with Gasteiger partial charge in [0.05, 0.1) is 5.60 Å². The maximum Gasteiger partial charge on any atom is 0.500 e. The Morgan fingerprint density at radius 1 is 0.913 bits per heavy atom. The van der Waals surface area contributed by atoms with E-state index in [1.807, 2.05) is 0 Å². The smallest absolute Gasteiger partial charge is 0.377 e. The molecular formula is C17H40N2O3Si. The fourth-order valence-electron chi connectivity index (χ4n) is 3.30. The quantitative estimate of drug-likeness (QED) is 0.331. The number of rotatable bonds is 16. The standard InChI is InChI=1S/C17H40N2O3Si/c1-6-10-17(11-7-2,12-8-3)22-23(20-4,21-5)16-9-14-19-15-13-18/h19H,6-16,18H2,1-5H3. The minimum absolute atomic E-state index is 0.0961. The zero-order chi connectivity index (χ0) is 17.6. The zero-order valence-corrected chi connectivity index (χ0v) is 17.1. The SMILES string of the molecule is CCCC(CCC)(CCC)O[Si](CCCNCCN)(OC)OC. The van der Waals surface area contributed by atoms with Crippen LogP contribution in [0.25, 0.3) is 0 Å². The van der Waals surface area contributed by atoms with Crippen LogP contribution in [-0.2, 0) is 13.3 Å². The number of hydrogen-bond acceptors (Lipinski definition) is 5. The summed E-state index contributed by atoms with van der Waals surface area (Å²) in [5.41, 5.74) is 5.41. The van der Waals surface area contributed by atoms with E-state index < -0.39 is 8.80 Å². The van der Waals surface area contributed by atoms with Crippen molar-refractivity contribution in [2.24, 2.45) is 5.73 Å². The summed E-state index contributed by atoms with van der Waals surface area (Å²) < 4.78 is 18.4. The van der Waals surface area contributed by atoms with Crippen molar-refractivity contribution in [1.29, 1.82) is 0 Å². The molecule has 0 radical (unpaired) electrons. The summed E-state index contributed by atoms with van der Waals surface area (Å²) in [5, 5.41) is 3.32. The molecule has 5 nitrogen and oxygen atoms in total. The molecule has 0 unspecified atom stereocenters. The van der Waals surface area contributed by atoms with Gasteiger partial charge in [0, 0.05) is 33.4 Å². The molecule has 0 aliphatic rings. The van der Waals surface area contributed by atoms with E-state index >= 15 is 0 Å². The zero-order valence-electron chi connectivity index (χ0n) is 16.1. The molecule has 0 amide bonds. The average molecular weight is 349 g/mol. The van der Waals surface area contributed by atoms with Crippen LogP contribution in [-0.4, -0.2) is 48.3 Å². The first-order chi connectivity index (χ1) is 11.1. The monoisotopic (exact) mass is 348 g/mol. The van der Waals surface area contributed by atoms with Crippen molar-refractivity contribution < 1.29 is 13.3 Å². The molecule has 0 heterocycles. The first-order valence-electron chi connectivity index (χ1n) is 9.28. The van der Waals surface area contributed by atoms with Gasteiger partial charge >= 0.3 is 8.80 Å². The molecule has 0 saturated heterocycles. The molecule has 0 aliphatic heterocycles. The van der Waals surface area contributed by atoms with Crippen LogP contribution in [0, 0.1) is 0 Å². The van der Waals surface area contributed by atoms with Crippen molar-refractivity contribution in [3.8, 4) is 0 Å². The van der Waals surface area contributed by atoms with Gasteiger partial charge in [0.1, 0.15) is 0 Å². The number of hydrogen-bond donors (Lipinski definition) is 2. The predicted octanol–water partition coefficient (Wildman–Crippen LogP) is 3.31. The molecule has 0 bridgehead atoms. The Balaban J connectivity index is 4.92. The highest BCUT2D eigenvalue weighted by Gasteiger charge is 2.46. The summed E-state index contributed by atoms with van der Waals surface area (Å²) in [7, 11) is 0.846. The summed E-state index contributed by atoms with van der Waals surface area (Å²) >= 11 is 0. The molecule has 0 saturated carbocycles. The number of nitrogens with two attached hydrogens (primary N) is 1. The van der Waals surface area contributed by atoms with Crippen LogP contribution in [0.1, 0.15) is 65.7 Å². The van der Waals surface area contributed by atoms with Gasteiger partial charge in [0.15, 0.2) is 0 Å². The summed E-state index contributed by atoms with van der Waals surface area (Å²) in [6.45, 7) is 9.11. The summed E-state index contributed by atoms with van der Waals surface area (Å²) in [4.78, 5) is 0. The van der Waals surface area contributed by atoms with Gasteiger partial charge in [-0.05, 0) is 32.2 Å². The molecule has 0 fully saturated rings. The highest BCUT2D eigenvalue weighted by atomic mass is 28.4.